The highest BCUT2D eigenvalue weighted by Gasteiger charge is 2.18. The van der Waals surface area contributed by atoms with Crippen LogP contribution in [0.5, 0.6) is 0 Å². The average molecular weight is 257 g/mol. The zero-order valence-electron chi connectivity index (χ0n) is 11.5. The van der Waals surface area contributed by atoms with E-state index in [1.54, 1.807) is 0 Å². The molecule has 2 heterocycles. The van der Waals surface area contributed by atoms with Crippen molar-refractivity contribution in [1.29, 1.82) is 0 Å². The molecule has 0 saturated carbocycles. The van der Waals surface area contributed by atoms with E-state index in [1.807, 2.05) is 19.2 Å². The zero-order valence-corrected chi connectivity index (χ0v) is 11.5. The summed E-state index contributed by atoms with van der Waals surface area (Å²) in [4.78, 5) is 9.30. The van der Waals surface area contributed by atoms with E-state index in [0.29, 0.717) is 5.82 Å². The number of aromatic nitrogens is 2. The summed E-state index contributed by atoms with van der Waals surface area (Å²) in [5, 5.41) is 3.19. The zero-order chi connectivity index (χ0) is 13.2. The molecule has 19 heavy (non-hydrogen) atoms. The summed E-state index contributed by atoms with van der Waals surface area (Å²) in [7, 11) is 1.92. The van der Waals surface area contributed by atoms with E-state index >= 15 is 0 Å². The molecule has 100 valence electrons. The van der Waals surface area contributed by atoms with E-state index in [2.05, 4.69) is 17.2 Å². The largest absolute Gasteiger partial charge is 0.458 e. The summed E-state index contributed by atoms with van der Waals surface area (Å²) < 4.78 is 5.76. The predicted octanol–water partition coefficient (Wildman–Crippen LogP) is 3.22. The Kier molecular flexibility index (Phi) is 3.23. The summed E-state index contributed by atoms with van der Waals surface area (Å²) in [5.74, 6) is 3.39. The molecule has 1 N–H and O–H groups in total. The second kappa shape index (κ2) is 5.03. The first-order valence-electron chi connectivity index (χ1n) is 6.98. The summed E-state index contributed by atoms with van der Waals surface area (Å²) >= 11 is 0. The maximum atomic E-state index is 5.76. The minimum absolute atomic E-state index is 0.699. The van der Waals surface area contributed by atoms with Crippen molar-refractivity contribution in [2.45, 2.75) is 39.0 Å². The Hall–Kier alpha value is -1.84. The molecular weight excluding hydrogens is 238 g/mol. The smallest absolute Gasteiger partial charge is 0.197 e. The lowest BCUT2D eigenvalue weighted by atomic mass is 9.96. The molecule has 0 spiro atoms. The summed E-state index contributed by atoms with van der Waals surface area (Å²) in [6, 6.07) is 3.96. The third kappa shape index (κ3) is 2.23. The van der Waals surface area contributed by atoms with Gasteiger partial charge in [0.1, 0.15) is 11.6 Å². The maximum Gasteiger partial charge on any atom is 0.197 e. The van der Waals surface area contributed by atoms with Crippen molar-refractivity contribution in [2.24, 2.45) is 0 Å². The number of hydrogen-bond acceptors (Lipinski definition) is 4. The molecule has 2 aromatic rings. The molecule has 4 nitrogen and oxygen atoms in total. The SMILES string of the molecule is CCc1ccc(-c2nc3c(c(NC)n2)CCCC3)o1. The molecule has 0 radical (unpaired) electrons. The Balaban J connectivity index is 2.06. The monoisotopic (exact) mass is 257 g/mol. The molecule has 0 aliphatic heterocycles. The summed E-state index contributed by atoms with van der Waals surface area (Å²) in [6.07, 6.45) is 5.45. The molecule has 0 unspecified atom stereocenters. The van der Waals surface area contributed by atoms with Gasteiger partial charge in [0, 0.05) is 24.7 Å². The molecule has 1 aliphatic rings. The first-order valence-corrected chi connectivity index (χ1v) is 6.98. The Morgan fingerprint density at radius 3 is 2.79 bits per heavy atom. The Labute approximate surface area is 113 Å². The molecule has 0 bridgehead atoms. The van der Waals surface area contributed by atoms with Crippen molar-refractivity contribution >= 4 is 5.82 Å². The highest BCUT2D eigenvalue weighted by Crippen LogP contribution is 2.28. The van der Waals surface area contributed by atoms with Crippen LogP contribution in [0.15, 0.2) is 16.5 Å². The number of fused-ring (bicyclic) bond motifs is 1. The number of furan rings is 1. The average Bonchev–Trinajstić information content (AvgIpc) is 2.95. The molecule has 0 fully saturated rings. The second-order valence-corrected chi connectivity index (χ2v) is 4.90. The normalized spacial score (nSPS) is 14.2. The minimum Gasteiger partial charge on any atom is -0.458 e. The summed E-state index contributed by atoms with van der Waals surface area (Å²) in [6.45, 7) is 2.08. The lowest BCUT2D eigenvalue weighted by Gasteiger charge is -2.18. The van der Waals surface area contributed by atoms with Gasteiger partial charge in [-0.05, 0) is 37.8 Å². The topological polar surface area (TPSA) is 51.0 Å². The van der Waals surface area contributed by atoms with Crippen molar-refractivity contribution in [2.75, 3.05) is 12.4 Å². The van der Waals surface area contributed by atoms with Crippen LogP contribution in [0.4, 0.5) is 5.82 Å². The van der Waals surface area contributed by atoms with E-state index in [0.717, 1.165) is 36.6 Å². The van der Waals surface area contributed by atoms with Gasteiger partial charge in [0.25, 0.3) is 0 Å². The van der Waals surface area contributed by atoms with Crippen molar-refractivity contribution in [3.63, 3.8) is 0 Å². The molecule has 0 atom stereocenters. The fraction of sp³-hybridized carbons (Fsp3) is 0.467. The maximum absolute atomic E-state index is 5.76. The van der Waals surface area contributed by atoms with E-state index in [1.165, 1.54) is 24.1 Å². The number of rotatable bonds is 3. The molecular formula is C15H19N3O. The third-order valence-corrected chi connectivity index (χ3v) is 3.65. The Bertz CT molecular complexity index is 572. The van der Waals surface area contributed by atoms with Crippen molar-refractivity contribution in [3.8, 4) is 11.6 Å². The number of nitrogens with zero attached hydrogens (tertiary/aromatic N) is 2. The number of aryl methyl sites for hydroxylation is 2. The van der Waals surface area contributed by atoms with Crippen LogP contribution in [0.3, 0.4) is 0 Å². The molecule has 0 amide bonds. The molecule has 4 heteroatoms. The Morgan fingerprint density at radius 1 is 1.21 bits per heavy atom. The predicted molar refractivity (Wildman–Crippen MR) is 75.3 cm³/mol. The number of anilines is 1. The van der Waals surface area contributed by atoms with E-state index in [9.17, 15) is 0 Å². The van der Waals surface area contributed by atoms with Crippen LogP contribution < -0.4 is 5.32 Å². The fourth-order valence-electron chi connectivity index (χ4n) is 2.60. The van der Waals surface area contributed by atoms with Gasteiger partial charge in [-0.1, -0.05) is 6.92 Å². The first kappa shape index (κ1) is 12.2. The van der Waals surface area contributed by atoms with Crippen LogP contribution in [0.1, 0.15) is 36.8 Å². The van der Waals surface area contributed by atoms with Gasteiger partial charge >= 0.3 is 0 Å². The van der Waals surface area contributed by atoms with Gasteiger partial charge in [0.2, 0.25) is 0 Å². The van der Waals surface area contributed by atoms with Gasteiger partial charge in [-0.2, -0.15) is 0 Å². The Morgan fingerprint density at radius 2 is 2.05 bits per heavy atom. The van der Waals surface area contributed by atoms with Crippen LogP contribution in [0.2, 0.25) is 0 Å². The third-order valence-electron chi connectivity index (χ3n) is 3.65. The van der Waals surface area contributed by atoms with E-state index in [-0.39, 0.29) is 0 Å². The van der Waals surface area contributed by atoms with Crippen LogP contribution in [-0.2, 0) is 19.3 Å². The van der Waals surface area contributed by atoms with Gasteiger partial charge in [-0.25, -0.2) is 9.97 Å². The van der Waals surface area contributed by atoms with Crippen molar-refractivity contribution in [1.82, 2.24) is 9.97 Å². The van der Waals surface area contributed by atoms with Crippen LogP contribution in [0, 0.1) is 0 Å². The minimum atomic E-state index is 0.699. The molecule has 3 rings (SSSR count). The van der Waals surface area contributed by atoms with Gasteiger partial charge in [-0.15, -0.1) is 0 Å². The van der Waals surface area contributed by atoms with Gasteiger partial charge in [0.15, 0.2) is 11.6 Å². The molecule has 1 aliphatic carbocycles. The molecule has 0 saturated heterocycles. The van der Waals surface area contributed by atoms with Crippen molar-refractivity contribution in [3.05, 3.63) is 29.2 Å². The fourth-order valence-corrected chi connectivity index (χ4v) is 2.60. The standard InChI is InChI=1S/C15H19N3O/c1-3-10-8-9-13(19-10)15-17-12-7-5-4-6-11(12)14(16-2)18-15/h8-9H,3-7H2,1-2H3,(H,16,17,18). The van der Waals surface area contributed by atoms with E-state index in [4.69, 9.17) is 9.40 Å². The van der Waals surface area contributed by atoms with Gasteiger partial charge in [0.05, 0.1) is 0 Å². The summed E-state index contributed by atoms with van der Waals surface area (Å²) in [5.41, 5.74) is 2.45. The number of nitrogens with one attached hydrogen (secondary N) is 1. The highest BCUT2D eigenvalue weighted by molar-refractivity contribution is 5.56. The van der Waals surface area contributed by atoms with Crippen LogP contribution >= 0.6 is 0 Å². The lowest BCUT2D eigenvalue weighted by Crippen LogP contribution is -2.11. The second-order valence-electron chi connectivity index (χ2n) is 4.90. The molecule has 0 aromatic carbocycles. The number of hydrogen-bond donors (Lipinski definition) is 1. The van der Waals surface area contributed by atoms with Gasteiger partial charge < -0.3 is 9.73 Å². The van der Waals surface area contributed by atoms with Gasteiger partial charge in [-0.3, -0.25) is 0 Å². The first-order chi connectivity index (χ1) is 9.31. The quantitative estimate of drug-likeness (QED) is 0.917. The van der Waals surface area contributed by atoms with Crippen molar-refractivity contribution < 1.29 is 4.42 Å². The molecule has 2 aromatic heterocycles. The van der Waals surface area contributed by atoms with Crippen LogP contribution in [0.25, 0.3) is 11.6 Å². The van der Waals surface area contributed by atoms with Crippen LogP contribution in [-0.4, -0.2) is 17.0 Å². The lowest BCUT2D eigenvalue weighted by molar-refractivity contribution is 0.524. The highest BCUT2D eigenvalue weighted by atomic mass is 16.3. The van der Waals surface area contributed by atoms with E-state index < -0.39 is 0 Å².